The van der Waals surface area contributed by atoms with Gasteiger partial charge in [0.25, 0.3) is 0 Å². The van der Waals surface area contributed by atoms with E-state index < -0.39 is 5.97 Å². The van der Waals surface area contributed by atoms with Crippen LogP contribution in [0.2, 0.25) is 0 Å². The van der Waals surface area contributed by atoms with E-state index in [1.165, 1.54) is 18.0 Å². The van der Waals surface area contributed by atoms with Gasteiger partial charge in [0.15, 0.2) is 0 Å². The fourth-order valence-corrected chi connectivity index (χ4v) is 2.81. The Labute approximate surface area is 125 Å². The molecule has 0 spiro atoms. The van der Waals surface area contributed by atoms with Crippen LogP contribution in [0.4, 0.5) is 0 Å². The van der Waals surface area contributed by atoms with Gasteiger partial charge in [0.1, 0.15) is 5.01 Å². The normalized spacial score (nSPS) is 10.7. The van der Waals surface area contributed by atoms with Crippen LogP contribution in [-0.2, 0) is 6.54 Å². The van der Waals surface area contributed by atoms with Crippen molar-refractivity contribution in [1.82, 2.24) is 14.8 Å². The van der Waals surface area contributed by atoms with Crippen LogP contribution in [0.1, 0.15) is 20.9 Å². The molecule has 2 heterocycles. The number of benzene rings is 1. The van der Waals surface area contributed by atoms with Gasteiger partial charge in [0, 0.05) is 17.1 Å². The molecule has 2 aromatic heterocycles. The number of carboxylic acid groups (broad SMARTS) is 1. The lowest BCUT2D eigenvalue weighted by atomic mass is 10.1. The summed E-state index contributed by atoms with van der Waals surface area (Å²) in [6.45, 7) is 2.53. The predicted octanol–water partition coefficient (Wildman–Crippen LogP) is 3.06. The van der Waals surface area contributed by atoms with Gasteiger partial charge in [0.2, 0.25) is 0 Å². The van der Waals surface area contributed by atoms with E-state index in [1.807, 2.05) is 30.5 Å². The van der Waals surface area contributed by atoms with Crippen LogP contribution < -0.4 is 0 Å². The molecule has 0 atom stereocenters. The van der Waals surface area contributed by atoms with Gasteiger partial charge in [-0.05, 0) is 13.0 Å². The Morgan fingerprint density at radius 1 is 1.43 bits per heavy atom. The Bertz CT molecular complexity index is 792. The molecule has 0 aliphatic carbocycles. The largest absolute Gasteiger partial charge is 0.478 e. The van der Waals surface area contributed by atoms with Crippen molar-refractivity contribution in [2.75, 3.05) is 0 Å². The number of hydrogen-bond acceptors (Lipinski definition) is 4. The highest BCUT2D eigenvalue weighted by Gasteiger charge is 2.09. The van der Waals surface area contributed by atoms with Crippen LogP contribution in [-0.4, -0.2) is 25.8 Å². The molecule has 1 N–H and O–H groups in total. The molecule has 1 aromatic carbocycles. The maximum Gasteiger partial charge on any atom is 0.338 e. The van der Waals surface area contributed by atoms with Crippen LogP contribution in [0.15, 0.2) is 42.0 Å². The lowest BCUT2D eigenvalue weighted by Crippen LogP contribution is -2.00. The van der Waals surface area contributed by atoms with Crippen molar-refractivity contribution in [3.63, 3.8) is 0 Å². The van der Waals surface area contributed by atoms with Crippen LogP contribution in [0.3, 0.4) is 0 Å². The zero-order chi connectivity index (χ0) is 14.8. The summed E-state index contributed by atoms with van der Waals surface area (Å²) in [7, 11) is 0. The minimum absolute atomic E-state index is 0.186. The first-order valence-corrected chi connectivity index (χ1v) is 7.27. The Hall–Kier alpha value is -2.47. The van der Waals surface area contributed by atoms with Gasteiger partial charge >= 0.3 is 5.97 Å². The second-order valence-corrected chi connectivity index (χ2v) is 5.67. The smallest absolute Gasteiger partial charge is 0.338 e. The summed E-state index contributed by atoms with van der Waals surface area (Å²) in [6, 6.07) is 8.18. The molecule has 0 fully saturated rings. The number of thiazole rings is 1. The van der Waals surface area contributed by atoms with Crippen molar-refractivity contribution < 1.29 is 9.90 Å². The minimum atomic E-state index is -0.971. The average Bonchev–Trinajstić information content (AvgIpc) is 3.08. The molecule has 0 radical (unpaired) electrons. The van der Waals surface area contributed by atoms with E-state index in [9.17, 15) is 4.79 Å². The molecular formula is C15H13N3O2S. The molecule has 6 heteroatoms. The molecular weight excluding hydrogens is 286 g/mol. The number of aromatic carboxylic acids is 1. The fraction of sp³-hybridized carbons (Fsp3) is 0.133. The van der Waals surface area contributed by atoms with E-state index >= 15 is 0 Å². The highest BCUT2D eigenvalue weighted by molar-refractivity contribution is 7.09. The summed E-state index contributed by atoms with van der Waals surface area (Å²) in [6.07, 6.45) is 2.85. The second kappa shape index (κ2) is 5.49. The maximum atomic E-state index is 10.8. The van der Waals surface area contributed by atoms with Crippen molar-refractivity contribution in [2.24, 2.45) is 0 Å². The van der Waals surface area contributed by atoms with E-state index in [4.69, 9.17) is 5.11 Å². The summed E-state index contributed by atoms with van der Waals surface area (Å²) in [4.78, 5) is 15.4. The minimum Gasteiger partial charge on any atom is -0.478 e. The summed E-state index contributed by atoms with van der Waals surface area (Å²) < 4.78 is 1.59. The van der Waals surface area contributed by atoms with Gasteiger partial charge in [-0.1, -0.05) is 23.8 Å². The van der Waals surface area contributed by atoms with Crippen molar-refractivity contribution in [2.45, 2.75) is 13.5 Å². The molecule has 0 saturated heterocycles. The van der Waals surface area contributed by atoms with Crippen molar-refractivity contribution in [3.8, 4) is 11.3 Å². The Morgan fingerprint density at radius 2 is 2.29 bits per heavy atom. The Kier molecular flexibility index (Phi) is 3.53. The molecule has 3 rings (SSSR count). The number of aryl methyl sites for hydroxylation is 1. The van der Waals surface area contributed by atoms with Gasteiger partial charge in [-0.2, -0.15) is 5.10 Å². The third kappa shape index (κ3) is 3.00. The molecule has 3 aromatic rings. The molecule has 0 unspecified atom stereocenters. The van der Waals surface area contributed by atoms with Crippen LogP contribution in [0.25, 0.3) is 11.3 Å². The van der Waals surface area contributed by atoms with Crippen molar-refractivity contribution in [3.05, 3.63) is 58.2 Å². The van der Waals surface area contributed by atoms with Crippen molar-refractivity contribution >= 4 is 17.3 Å². The van der Waals surface area contributed by atoms with Gasteiger partial charge < -0.3 is 5.11 Å². The topological polar surface area (TPSA) is 68.0 Å². The summed E-state index contributed by atoms with van der Waals surface area (Å²) in [5, 5.41) is 15.8. The van der Waals surface area contributed by atoms with E-state index in [0.717, 1.165) is 16.3 Å². The number of aromatic nitrogens is 3. The molecule has 106 valence electrons. The third-order valence-corrected chi connectivity index (χ3v) is 3.88. The SMILES string of the molecule is Cc1cccc(-c2csc(Cn3cc(C(=O)O)cn3)n2)c1. The second-order valence-electron chi connectivity index (χ2n) is 4.73. The monoisotopic (exact) mass is 299 g/mol. The lowest BCUT2D eigenvalue weighted by molar-refractivity contribution is 0.0697. The Morgan fingerprint density at radius 3 is 3.00 bits per heavy atom. The highest BCUT2D eigenvalue weighted by Crippen LogP contribution is 2.23. The quantitative estimate of drug-likeness (QED) is 0.804. The van der Waals surface area contributed by atoms with Crippen LogP contribution in [0, 0.1) is 6.92 Å². The molecule has 0 bridgehead atoms. The zero-order valence-electron chi connectivity index (χ0n) is 11.4. The average molecular weight is 299 g/mol. The fourth-order valence-electron chi connectivity index (χ4n) is 2.02. The maximum absolute atomic E-state index is 10.8. The predicted molar refractivity (Wildman–Crippen MR) is 80.6 cm³/mol. The van der Waals surface area contributed by atoms with E-state index in [0.29, 0.717) is 6.54 Å². The Balaban J connectivity index is 1.80. The molecule has 21 heavy (non-hydrogen) atoms. The van der Waals surface area contributed by atoms with Gasteiger partial charge in [-0.3, -0.25) is 4.68 Å². The third-order valence-electron chi connectivity index (χ3n) is 3.04. The molecule has 0 amide bonds. The van der Waals surface area contributed by atoms with Gasteiger partial charge in [-0.15, -0.1) is 11.3 Å². The summed E-state index contributed by atoms with van der Waals surface area (Å²) in [5.41, 5.74) is 3.40. The van der Waals surface area contributed by atoms with Gasteiger partial charge in [0.05, 0.1) is 24.0 Å². The van der Waals surface area contributed by atoms with Crippen LogP contribution >= 0.6 is 11.3 Å². The number of nitrogens with zero attached hydrogens (tertiary/aromatic N) is 3. The number of hydrogen-bond donors (Lipinski definition) is 1. The number of carbonyl (C=O) groups is 1. The van der Waals surface area contributed by atoms with E-state index in [2.05, 4.69) is 16.1 Å². The van der Waals surface area contributed by atoms with Crippen molar-refractivity contribution in [1.29, 1.82) is 0 Å². The molecule has 5 nitrogen and oxygen atoms in total. The van der Waals surface area contributed by atoms with E-state index in [-0.39, 0.29) is 5.56 Å². The van der Waals surface area contributed by atoms with Crippen LogP contribution in [0.5, 0.6) is 0 Å². The molecule has 0 saturated carbocycles. The molecule has 0 aliphatic rings. The van der Waals surface area contributed by atoms with Gasteiger partial charge in [-0.25, -0.2) is 9.78 Å². The van der Waals surface area contributed by atoms with E-state index in [1.54, 1.807) is 16.0 Å². The summed E-state index contributed by atoms with van der Waals surface area (Å²) in [5.74, 6) is -0.971. The molecule has 0 aliphatic heterocycles. The summed E-state index contributed by atoms with van der Waals surface area (Å²) >= 11 is 1.54. The first-order valence-electron chi connectivity index (χ1n) is 6.39. The number of rotatable bonds is 4. The first kappa shape index (κ1) is 13.5. The first-order chi connectivity index (χ1) is 10.1. The standard InChI is InChI=1S/C15H13N3O2S/c1-10-3-2-4-11(5-10)13-9-21-14(17-13)8-18-7-12(6-16-18)15(19)20/h2-7,9H,8H2,1H3,(H,19,20). The number of carboxylic acids is 1. The highest BCUT2D eigenvalue weighted by atomic mass is 32.1. The lowest BCUT2D eigenvalue weighted by Gasteiger charge is -1.98. The zero-order valence-corrected chi connectivity index (χ0v) is 12.2.